The fourth-order valence-corrected chi connectivity index (χ4v) is 2.71. The number of aromatic nitrogens is 1. The van der Waals surface area contributed by atoms with Crippen molar-refractivity contribution in [1.29, 1.82) is 0 Å². The largest absolute Gasteiger partial charge is 0.475 e. The molecule has 1 aliphatic heterocycles. The molecule has 116 valence electrons. The fraction of sp³-hybridized carbons (Fsp3) is 0.375. The summed E-state index contributed by atoms with van der Waals surface area (Å²) in [4.78, 5) is 13.0. The maximum absolute atomic E-state index is 14.3. The first-order valence-corrected chi connectivity index (χ1v) is 7.34. The van der Waals surface area contributed by atoms with Crippen LogP contribution in [0, 0.1) is 5.82 Å². The lowest BCUT2D eigenvalue weighted by atomic mass is 10.1. The normalized spacial score (nSPS) is 15.9. The van der Waals surface area contributed by atoms with Crippen LogP contribution >= 0.6 is 0 Å². The lowest BCUT2D eigenvalue weighted by Gasteiger charge is -2.26. The second kappa shape index (κ2) is 6.27. The Hall–Kier alpha value is -2.21. The van der Waals surface area contributed by atoms with E-state index >= 15 is 0 Å². The van der Waals surface area contributed by atoms with Crippen molar-refractivity contribution < 1.29 is 18.8 Å². The average Bonchev–Trinajstić information content (AvgIpc) is 3.00. The predicted molar refractivity (Wildman–Crippen MR) is 78.0 cm³/mol. The molecule has 0 saturated carbocycles. The Morgan fingerprint density at radius 2 is 2.05 bits per heavy atom. The number of rotatable bonds is 4. The average molecular weight is 304 g/mol. The van der Waals surface area contributed by atoms with Gasteiger partial charge in [-0.15, -0.1) is 0 Å². The van der Waals surface area contributed by atoms with Crippen molar-refractivity contribution in [3.05, 3.63) is 41.4 Å². The number of aromatic carboxylic acids is 1. The molecule has 0 atom stereocenters. The number of hydrogen-bond acceptors (Lipinski definition) is 4. The summed E-state index contributed by atoms with van der Waals surface area (Å²) in [5.74, 6) is -1.75. The van der Waals surface area contributed by atoms with Crippen molar-refractivity contribution >= 4 is 5.97 Å². The number of halogens is 1. The molecule has 1 aliphatic rings. The van der Waals surface area contributed by atoms with Gasteiger partial charge in [0.05, 0.1) is 0 Å². The van der Waals surface area contributed by atoms with Crippen LogP contribution in [0.5, 0.6) is 0 Å². The molecular weight excluding hydrogens is 287 g/mol. The molecule has 0 radical (unpaired) electrons. The van der Waals surface area contributed by atoms with Gasteiger partial charge in [-0.2, -0.15) is 0 Å². The van der Waals surface area contributed by atoms with Gasteiger partial charge in [0, 0.05) is 23.7 Å². The minimum Gasteiger partial charge on any atom is -0.475 e. The summed E-state index contributed by atoms with van der Waals surface area (Å²) in [5, 5.41) is 12.5. The summed E-state index contributed by atoms with van der Waals surface area (Å²) in [7, 11) is 0. The number of carboxylic acids is 1. The van der Waals surface area contributed by atoms with Gasteiger partial charge >= 0.3 is 5.97 Å². The smallest absolute Gasteiger partial charge is 0.374 e. The number of likely N-dealkylation sites (tertiary alicyclic amines) is 1. The van der Waals surface area contributed by atoms with Crippen LogP contribution in [0.2, 0.25) is 0 Å². The van der Waals surface area contributed by atoms with E-state index in [1.807, 2.05) is 0 Å². The highest BCUT2D eigenvalue weighted by Gasteiger charge is 2.16. The standard InChI is InChI=1S/C16H17FN2O3/c17-13-8-11(14-9-15(16(20)21)22-18-14)4-5-12(13)10-19-6-2-1-3-7-19/h4-5,8-9H,1-3,6-7,10H2,(H,20,21). The van der Waals surface area contributed by atoms with Crippen LogP contribution in [0.1, 0.15) is 35.4 Å². The van der Waals surface area contributed by atoms with Crippen LogP contribution < -0.4 is 0 Å². The second-order valence-corrected chi connectivity index (χ2v) is 5.52. The van der Waals surface area contributed by atoms with E-state index in [2.05, 4.69) is 10.1 Å². The molecule has 5 nitrogen and oxygen atoms in total. The molecular formula is C16H17FN2O3. The Morgan fingerprint density at radius 1 is 1.27 bits per heavy atom. The van der Waals surface area contributed by atoms with Crippen molar-refractivity contribution in [2.45, 2.75) is 25.8 Å². The quantitative estimate of drug-likeness (QED) is 0.939. The molecule has 6 heteroatoms. The van der Waals surface area contributed by atoms with Gasteiger partial charge in [-0.1, -0.05) is 23.7 Å². The van der Waals surface area contributed by atoms with Gasteiger partial charge in [0.15, 0.2) is 0 Å². The number of carboxylic acid groups (broad SMARTS) is 1. The Labute approximate surface area is 127 Å². The molecule has 0 aliphatic carbocycles. The fourth-order valence-electron chi connectivity index (χ4n) is 2.71. The van der Waals surface area contributed by atoms with Crippen molar-refractivity contribution in [3.63, 3.8) is 0 Å². The molecule has 0 spiro atoms. The Balaban J connectivity index is 1.77. The Kier molecular flexibility index (Phi) is 4.20. The van der Waals surface area contributed by atoms with E-state index in [4.69, 9.17) is 9.63 Å². The first kappa shape index (κ1) is 14.7. The second-order valence-electron chi connectivity index (χ2n) is 5.52. The molecule has 2 aromatic rings. The van der Waals surface area contributed by atoms with Crippen LogP contribution in [0.25, 0.3) is 11.3 Å². The number of hydrogen-bond donors (Lipinski definition) is 1. The molecule has 1 saturated heterocycles. The lowest BCUT2D eigenvalue weighted by molar-refractivity contribution is 0.0652. The summed E-state index contributed by atoms with van der Waals surface area (Å²) in [5.41, 5.74) is 1.48. The SMILES string of the molecule is O=C(O)c1cc(-c2ccc(CN3CCCCC3)c(F)c2)no1. The summed E-state index contributed by atoms with van der Waals surface area (Å²) >= 11 is 0. The third-order valence-electron chi connectivity index (χ3n) is 3.91. The Morgan fingerprint density at radius 3 is 2.68 bits per heavy atom. The van der Waals surface area contributed by atoms with Gasteiger partial charge in [0.1, 0.15) is 11.5 Å². The van der Waals surface area contributed by atoms with Gasteiger partial charge in [-0.05, 0) is 32.0 Å². The van der Waals surface area contributed by atoms with Gasteiger partial charge in [0.25, 0.3) is 0 Å². The topological polar surface area (TPSA) is 66.6 Å². The summed E-state index contributed by atoms with van der Waals surface area (Å²) < 4.78 is 18.9. The molecule has 1 aromatic heterocycles. The minimum absolute atomic E-state index is 0.257. The Bertz CT molecular complexity index is 678. The molecule has 22 heavy (non-hydrogen) atoms. The summed E-state index contributed by atoms with van der Waals surface area (Å²) in [6.45, 7) is 2.62. The van der Waals surface area contributed by atoms with Crippen molar-refractivity contribution in [2.75, 3.05) is 13.1 Å². The molecule has 1 fully saturated rings. The van der Waals surface area contributed by atoms with Gasteiger partial charge in [-0.25, -0.2) is 9.18 Å². The lowest BCUT2D eigenvalue weighted by Crippen LogP contribution is -2.29. The minimum atomic E-state index is -1.19. The molecule has 1 aromatic carbocycles. The summed E-state index contributed by atoms with van der Waals surface area (Å²) in [6, 6.07) is 6.14. The van der Waals surface area contributed by atoms with E-state index in [0.717, 1.165) is 25.9 Å². The van der Waals surface area contributed by atoms with Crippen molar-refractivity contribution in [2.24, 2.45) is 0 Å². The van der Waals surface area contributed by atoms with Gasteiger partial charge in [0.2, 0.25) is 5.76 Å². The van der Waals surface area contributed by atoms with E-state index in [1.54, 1.807) is 12.1 Å². The highest BCUT2D eigenvalue weighted by atomic mass is 19.1. The van der Waals surface area contributed by atoms with Crippen LogP contribution in [0.4, 0.5) is 4.39 Å². The third-order valence-corrected chi connectivity index (χ3v) is 3.91. The third kappa shape index (κ3) is 3.17. The van der Waals surface area contributed by atoms with Gasteiger partial charge in [-0.3, -0.25) is 4.90 Å². The highest BCUT2D eigenvalue weighted by molar-refractivity contribution is 5.85. The van der Waals surface area contributed by atoms with E-state index in [1.165, 1.54) is 18.6 Å². The van der Waals surface area contributed by atoms with Crippen LogP contribution in [-0.4, -0.2) is 34.2 Å². The summed E-state index contributed by atoms with van der Waals surface area (Å²) in [6.07, 6.45) is 3.57. The van der Waals surface area contributed by atoms with Crippen LogP contribution in [0.3, 0.4) is 0 Å². The number of piperidine rings is 1. The zero-order valence-electron chi connectivity index (χ0n) is 12.1. The molecule has 1 N–H and O–H groups in total. The number of benzene rings is 1. The maximum atomic E-state index is 14.3. The predicted octanol–water partition coefficient (Wildman–Crippen LogP) is 3.16. The molecule has 2 heterocycles. The molecule has 0 amide bonds. The first-order chi connectivity index (χ1) is 10.6. The highest BCUT2D eigenvalue weighted by Crippen LogP contribution is 2.23. The zero-order valence-corrected chi connectivity index (χ0v) is 12.1. The molecule has 0 unspecified atom stereocenters. The zero-order chi connectivity index (χ0) is 15.5. The van der Waals surface area contributed by atoms with Crippen LogP contribution in [0.15, 0.2) is 28.8 Å². The van der Waals surface area contributed by atoms with Crippen molar-refractivity contribution in [1.82, 2.24) is 10.1 Å². The first-order valence-electron chi connectivity index (χ1n) is 7.34. The monoisotopic (exact) mass is 304 g/mol. The van der Waals surface area contributed by atoms with E-state index in [9.17, 15) is 9.18 Å². The molecule has 0 bridgehead atoms. The van der Waals surface area contributed by atoms with E-state index in [0.29, 0.717) is 23.4 Å². The van der Waals surface area contributed by atoms with Crippen molar-refractivity contribution in [3.8, 4) is 11.3 Å². The van der Waals surface area contributed by atoms with E-state index in [-0.39, 0.29) is 11.6 Å². The molecule has 3 rings (SSSR count). The van der Waals surface area contributed by atoms with Gasteiger partial charge < -0.3 is 9.63 Å². The number of nitrogens with zero attached hydrogens (tertiary/aromatic N) is 2. The van der Waals surface area contributed by atoms with E-state index < -0.39 is 5.97 Å². The van der Waals surface area contributed by atoms with Crippen LogP contribution in [-0.2, 0) is 6.54 Å². The number of carbonyl (C=O) groups is 1. The maximum Gasteiger partial charge on any atom is 0.374 e.